The van der Waals surface area contributed by atoms with Gasteiger partial charge < -0.3 is 9.47 Å². The molecule has 0 aliphatic carbocycles. The maximum atomic E-state index is 11.2. The third-order valence-electron chi connectivity index (χ3n) is 2.65. The van der Waals surface area contributed by atoms with Crippen molar-refractivity contribution in [1.29, 1.82) is 0 Å². The Hall–Kier alpha value is -0.220. The fourth-order valence-corrected chi connectivity index (χ4v) is 3.21. The summed E-state index contributed by atoms with van der Waals surface area (Å²) >= 11 is 2.15. The summed E-state index contributed by atoms with van der Waals surface area (Å²) in [6.07, 6.45) is -0.345. The Morgan fingerprint density at radius 2 is 2.05 bits per heavy atom. The van der Waals surface area contributed by atoms with Crippen LogP contribution in [0.3, 0.4) is 0 Å². The van der Waals surface area contributed by atoms with E-state index >= 15 is 0 Å². The van der Waals surface area contributed by atoms with Gasteiger partial charge in [0.25, 0.3) is 10.1 Å². The fourth-order valence-electron chi connectivity index (χ4n) is 1.81. The highest BCUT2D eigenvalue weighted by Gasteiger charge is 2.34. The lowest BCUT2D eigenvalue weighted by molar-refractivity contribution is -0.243. The van der Waals surface area contributed by atoms with E-state index in [0.717, 1.165) is 11.8 Å². The molecule has 0 N–H and O–H groups in total. The first-order valence-electron chi connectivity index (χ1n) is 5.76. The minimum atomic E-state index is -3.51. The molecule has 0 bridgehead atoms. The lowest BCUT2D eigenvalue weighted by atomic mass is 10.1. The van der Waals surface area contributed by atoms with Crippen LogP contribution in [0.4, 0.5) is 0 Å². The Labute approximate surface area is 126 Å². The number of rotatable bonds is 4. The fraction of sp³-hybridized carbons (Fsp3) is 0.500. The molecule has 0 saturated carbocycles. The van der Waals surface area contributed by atoms with Crippen molar-refractivity contribution in [3.63, 3.8) is 0 Å². The summed E-state index contributed by atoms with van der Waals surface area (Å²) in [4.78, 5) is 0. The molecule has 0 spiro atoms. The van der Waals surface area contributed by atoms with Crippen molar-refractivity contribution in [3.05, 3.63) is 35.9 Å². The van der Waals surface area contributed by atoms with Gasteiger partial charge in [0.15, 0.2) is 6.29 Å². The lowest BCUT2D eigenvalue weighted by Crippen LogP contribution is -2.44. The first-order valence-corrected chi connectivity index (χ1v) is 9.10. The van der Waals surface area contributed by atoms with Crippen LogP contribution in [0.25, 0.3) is 0 Å². The number of ether oxygens (including phenoxy) is 2. The molecule has 7 heteroatoms. The number of benzene rings is 1. The van der Waals surface area contributed by atoms with Crippen molar-refractivity contribution in [2.75, 3.05) is 17.3 Å². The Bertz CT molecular complexity index is 504. The normalized spacial score (nSPS) is 28.2. The van der Waals surface area contributed by atoms with Gasteiger partial charge in [0.2, 0.25) is 0 Å². The molecule has 0 unspecified atom stereocenters. The van der Waals surface area contributed by atoms with Crippen LogP contribution in [0.15, 0.2) is 30.3 Å². The molecule has 2 rings (SSSR count). The van der Waals surface area contributed by atoms with Crippen LogP contribution in [0.1, 0.15) is 11.9 Å². The molecular formula is C12H15IO5S. The Kier molecular flexibility index (Phi) is 5.18. The van der Waals surface area contributed by atoms with Crippen molar-refractivity contribution < 1.29 is 22.1 Å². The Morgan fingerprint density at radius 3 is 2.63 bits per heavy atom. The van der Waals surface area contributed by atoms with Gasteiger partial charge in [0.1, 0.15) is 6.10 Å². The van der Waals surface area contributed by atoms with Crippen LogP contribution in [0, 0.1) is 0 Å². The van der Waals surface area contributed by atoms with Gasteiger partial charge in [-0.15, -0.1) is 0 Å². The minimum Gasteiger partial charge on any atom is -0.346 e. The molecule has 1 aliphatic heterocycles. The maximum Gasteiger partial charge on any atom is 0.264 e. The average molecular weight is 398 g/mol. The maximum absolute atomic E-state index is 11.2. The van der Waals surface area contributed by atoms with Crippen LogP contribution >= 0.6 is 22.6 Å². The van der Waals surface area contributed by atoms with Crippen LogP contribution in [0.2, 0.25) is 0 Å². The zero-order valence-corrected chi connectivity index (χ0v) is 13.3. The number of hydrogen-bond donors (Lipinski definition) is 0. The number of alkyl halides is 1. The van der Waals surface area contributed by atoms with E-state index in [1.165, 1.54) is 0 Å². The third-order valence-corrected chi connectivity index (χ3v) is 4.11. The van der Waals surface area contributed by atoms with Gasteiger partial charge >= 0.3 is 0 Å². The third kappa shape index (κ3) is 4.38. The van der Waals surface area contributed by atoms with Crippen molar-refractivity contribution in [1.82, 2.24) is 0 Å². The molecule has 1 heterocycles. The van der Waals surface area contributed by atoms with Crippen molar-refractivity contribution in [2.24, 2.45) is 0 Å². The molecule has 0 radical (unpaired) electrons. The summed E-state index contributed by atoms with van der Waals surface area (Å²) in [7, 11) is -3.51. The molecule has 0 amide bonds. The van der Waals surface area contributed by atoms with E-state index in [1.807, 2.05) is 30.3 Å². The summed E-state index contributed by atoms with van der Waals surface area (Å²) in [5.41, 5.74) is 0.912. The first-order chi connectivity index (χ1) is 8.99. The van der Waals surface area contributed by atoms with E-state index in [0.29, 0.717) is 4.43 Å². The van der Waals surface area contributed by atoms with E-state index in [1.54, 1.807) is 0 Å². The zero-order valence-electron chi connectivity index (χ0n) is 10.4. The van der Waals surface area contributed by atoms with Gasteiger partial charge in [-0.25, -0.2) is 0 Å². The van der Waals surface area contributed by atoms with Crippen LogP contribution in [0.5, 0.6) is 0 Å². The highest BCUT2D eigenvalue weighted by Crippen LogP contribution is 2.28. The van der Waals surface area contributed by atoms with Crippen LogP contribution in [-0.4, -0.2) is 37.9 Å². The van der Waals surface area contributed by atoms with Crippen molar-refractivity contribution >= 4 is 32.7 Å². The van der Waals surface area contributed by atoms with Gasteiger partial charge in [-0.05, 0) is 0 Å². The van der Waals surface area contributed by atoms with Gasteiger partial charge in [0.05, 0.1) is 19.0 Å². The summed E-state index contributed by atoms with van der Waals surface area (Å²) in [5, 5.41) is 0. The van der Waals surface area contributed by atoms with E-state index in [9.17, 15) is 8.42 Å². The minimum absolute atomic E-state index is 0.195. The largest absolute Gasteiger partial charge is 0.346 e. The zero-order chi connectivity index (χ0) is 13.9. The van der Waals surface area contributed by atoms with E-state index in [2.05, 4.69) is 22.6 Å². The van der Waals surface area contributed by atoms with Crippen molar-refractivity contribution in [3.8, 4) is 0 Å². The highest BCUT2D eigenvalue weighted by molar-refractivity contribution is 14.1. The van der Waals surface area contributed by atoms with Gasteiger partial charge in [-0.3, -0.25) is 4.18 Å². The van der Waals surface area contributed by atoms with E-state index < -0.39 is 22.5 Å². The lowest BCUT2D eigenvalue weighted by Gasteiger charge is -2.35. The Balaban J connectivity index is 2.06. The number of hydrogen-bond acceptors (Lipinski definition) is 5. The SMILES string of the molecule is CS(=O)(=O)O[C@@H]1CO[C@@H](c2ccccc2)O[C@H]1CI. The van der Waals surface area contributed by atoms with E-state index in [-0.39, 0.29) is 12.7 Å². The molecular weight excluding hydrogens is 383 g/mol. The van der Waals surface area contributed by atoms with Gasteiger partial charge in [-0.2, -0.15) is 8.42 Å². The molecule has 19 heavy (non-hydrogen) atoms. The molecule has 3 atom stereocenters. The second-order valence-corrected chi connectivity index (χ2v) is 6.73. The molecule has 1 saturated heterocycles. The second-order valence-electron chi connectivity index (χ2n) is 4.24. The van der Waals surface area contributed by atoms with Crippen LogP contribution < -0.4 is 0 Å². The summed E-state index contributed by atoms with van der Waals surface area (Å²) in [6, 6.07) is 9.54. The highest BCUT2D eigenvalue weighted by atomic mass is 127. The van der Waals surface area contributed by atoms with Gasteiger partial charge in [-0.1, -0.05) is 52.9 Å². The molecule has 0 aromatic heterocycles. The summed E-state index contributed by atoms with van der Waals surface area (Å²) in [6.45, 7) is 0.195. The van der Waals surface area contributed by atoms with Gasteiger partial charge in [0, 0.05) is 9.99 Å². The smallest absolute Gasteiger partial charge is 0.264 e. The molecule has 1 aliphatic rings. The standard InChI is InChI=1S/C12H15IO5S/c1-19(14,15)18-11-8-16-12(17-10(11)7-13)9-5-3-2-4-6-9/h2-6,10-12H,7-8H2,1H3/t10-,11+,12+/m0/s1. The molecule has 1 aromatic rings. The number of halogens is 1. The first kappa shape index (κ1) is 15.2. The van der Waals surface area contributed by atoms with Crippen LogP contribution in [-0.2, 0) is 23.8 Å². The monoisotopic (exact) mass is 398 g/mol. The topological polar surface area (TPSA) is 61.8 Å². The molecule has 106 valence electrons. The average Bonchev–Trinajstić information content (AvgIpc) is 2.38. The van der Waals surface area contributed by atoms with Crippen molar-refractivity contribution in [2.45, 2.75) is 18.5 Å². The predicted octanol–water partition coefficient (Wildman–Crippen LogP) is 1.88. The molecule has 5 nitrogen and oxygen atoms in total. The van der Waals surface area contributed by atoms with E-state index in [4.69, 9.17) is 13.7 Å². The quantitative estimate of drug-likeness (QED) is 0.441. The molecule has 1 fully saturated rings. The summed E-state index contributed by atoms with van der Waals surface area (Å²) in [5.74, 6) is 0. The predicted molar refractivity (Wildman–Crippen MR) is 78.6 cm³/mol. The Morgan fingerprint density at radius 1 is 1.37 bits per heavy atom. The summed E-state index contributed by atoms with van der Waals surface area (Å²) < 4.78 is 39.3. The molecule has 1 aromatic carbocycles. The second kappa shape index (κ2) is 6.49.